The first-order valence-electron chi connectivity index (χ1n) is 10.5. The van der Waals surface area contributed by atoms with E-state index < -0.39 is 4.92 Å². The van der Waals surface area contributed by atoms with E-state index in [-0.39, 0.29) is 17.6 Å². The van der Waals surface area contributed by atoms with Crippen LogP contribution in [0.15, 0.2) is 71.1 Å². The average molecular weight is 427 g/mol. The minimum absolute atomic E-state index is 0.0998. The highest BCUT2D eigenvalue weighted by Gasteiger charge is 2.34. The van der Waals surface area contributed by atoms with Crippen LogP contribution in [0.4, 0.5) is 5.69 Å². The van der Waals surface area contributed by atoms with Crippen molar-refractivity contribution >= 4 is 22.7 Å². The monoisotopic (exact) mass is 427 g/mol. The van der Waals surface area contributed by atoms with Crippen LogP contribution < -0.4 is 0 Å². The Labute approximate surface area is 184 Å². The first-order valence-corrected chi connectivity index (χ1v) is 10.5. The Balaban J connectivity index is 1.46. The maximum Gasteiger partial charge on any atom is 0.270 e. The lowest BCUT2D eigenvalue weighted by molar-refractivity contribution is -0.384. The van der Waals surface area contributed by atoms with Crippen molar-refractivity contribution in [1.82, 2.24) is 9.88 Å². The van der Waals surface area contributed by atoms with Gasteiger partial charge in [-0.3, -0.25) is 14.9 Å². The first kappa shape index (κ1) is 19.9. The number of non-ortho nitro benzene ring substituents is 1. The van der Waals surface area contributed by atoms with E-state index in [4.69, 9.17) is 9.40 Å². The number of aryl methyl sites for hydroxylation is 1. The average Bonchev–Trinajstić information content (AvgIpc) is 3.45. The molecule has 5 rings (SSSR count). The molecular weight excluding hydrogens is 406 g/mol. The second-order valence-corrected chi connectivity index (χ2v) is 8.01. The number of nitro benzene ring substituents is 1. The van der Waals surface area contributed by atoms with E-state index in [1.54, 1.807) is 11.0 Å². The van der Waals surface area contributed by atoms with E-state index >= 15 is 0 Å². The van der Waals surface area contributed by atoms with E-state index in [2.05, 4.69) is 19.1 Å². The molecule has 7 nitrogen and oxygen atoms in total. The summed E-state index contributed by atoms with van der Waals surface area (Å²) >= 11 is 0. The highest BCUT2D eigenvalue weighted by atomic mass is 16.6. The SMILES string of the molecule is Cc1ccccc1-c1ccc2oc([C@@H]3CCCN3C(=O)c3cccc([N+](=O)[O-])c3)nc2c1. The summed E-state index contributed by atoms with van der Waals surface area (Å²) in [6.07, 6.45) is 1.55. The van der Waals surface area contributed by atoms with Gasteiger partial charge in [0.15, 0.2) is 5.58 Å². The van der Waals surface area contributed by atoms with Crippen molar-refractivity contribution in [1.29, 1.82) is 0 Å². The zero-order valence-electron chi connectivity index (χ0n) is 17.5. The summed E-state index contributed by atoms with van der Waals surface area (Å²) in [6, 6.07) is 19.6. The predicted molar refractivity (Wildman–Crippen MR) is 120 cm³/mol. The molecule has 1 amide bonds. The molecule has 7 heteroatoms. The Morgan fingerprint density at radius 3 is 2.78 bits per heavy atom. The summed E-state index contributed by atoms with van der Waals surface area (Å²) in [5, 5.41) is 11.1. The third-order valence-electron chi connectivity index (χ3n) is 5.96. The highest BCUT2D eigenvalue weighted by molar-refractivity contribution is 5.95. The molecule has 4 aromatic rings. The largest absolute Gasteiger partial charge is 0.438 e. The van der Waals surface area contributed by atoms with Crippen molar-refractivity contribution in [3.63, 3.8) is 0 Å². The number of rotatable bonds is 4. The maximum atomic E-state index is 13.1. The van der Waals surface area contributed by atoms with Crippen molar-refractivity contribution in [2.75, 3.05) is 6.54 Å². The number of hydrogen-bond donors (Lipinski definition) is 0. The topological polar surface area (TPSA) is 89.5 Å². The van der Waals surface area contributed by atoms with Gasteiger partial charge in [0.25, 0.3) is 11.6 Å². The maximum absolute atomic E-state index is 13.1. The van der Waals surface area contributed by atoms with Crippen LogP contribution >= 0.6 is 0 Å². The molecule has 32 heavy (non-hydrogen) atoms. The summed E-state index contributed by atoms with van der Waals surface area (Å²) in [6.45, 7) is 2.63. The molecule has 1 aliphatic heterocycles. The van der Waals surface area contributed by atoms with Crippen molar-refractivity contribution < 1.29 is 14.1 Å². The molecule has 1 atom stereocenters. The van der Waals surface area contributed by atoms with Crippen molar-refractivity contribution in [2.45, 2.75) is 25.8 Å². The van der Waals surface area contributed by atoms with E-state index in [0.29, 0.717) is 23.6 Å². The molecular formula is C25H21N3O4. The number of nitro groups is 1. The minimum atomic E-state index is -0.495. The summed E-state index contributed by atoms with van der Waals surface area (Å²) < 4.78 is 6.04. The number of fused-ring (bicyclic) bond motifs is 1. The summed E-state index contributed by atoms with van der Waals surface area (Å²) in [5.41, 5.74) is 5.00. The molecule has 160 valence electrons. The number of likely N-dealkylation sites (tertiary alicyclic amines) is 1. The fraction of sp³-hybridized carbons (Fsp3) is 0.200. The molecule has 2 heterocycles. The first-order chi connectivity index (χ1) is 15.5. The lowest BCUT2D eigenvalue weighted by Crippen LogP contribution is -2.30. The number of nitrogens with zero attached hydrogens (tertiary/aromatic N) is 3. The number of hydrogen-bond acceptors (Lipinski definition) is 5. The number of oxazole rings is 1. The number of aromatic nitrogens is 1. The fourth-order valence-electron chi connectivity index (χ4n) is 4.34. The van der Waals surface area contributed by atoms with Crippen LogP contribution in [0.1, 0.15) is 40.7 Å². The lowest BCUT2D eigenvalue weighted by atomic mass is 10.0. The lowest BCUT2D eigenvalue weighted by Gasteiger charge is -2.22. The molecule has 1 fully saturated rings. The molecule has 0 unspecified atom stereocenters. The minimum Gasteiger partial charge on any atom is -0.438 e. The fourth-order valence-corrected chi connectivity index (χ4v) is 4.34. The van der Waals surface area contributed by atoms with E-state index in [9.17, 15) is 14.9 Å². The molecule has 0 radical (unpaired) electrons. The van der Waals surface area contributed by atoms with Crippen molar-refractivity contribution in [3.05, 3.63) is 93.9 Å². The number of amides is 1. The highest BCUT2D eigenvalue weighted by Crippen LogP contribution is 2.35. The van der Waals surface area contributed by atoms with Crippen LogP contribution in [0.3, 0.4) is 0 Å². The van der Waals surface area contributed by atoms with Gasteiger partial charge in [-0.05, 0) is 54.7 Å². The summed E-state index contributed by atoms with van der Waals surface area (Å²) in [4.78, 5) is 30.1. The number of carbonyl (C=O) groups excluding carboxylic acids is 1. The molecule has 1 aliphatic rings. The zero-order chi connectivity index (χ0) is 22.2. The molecule has 0 spiro atoms. The van der Waals surface area contributed by atoms with Crippen LogP contribution in [-0.2, 0) is 0 Å². The van der Waals surface area contributed by atoms with E-state index in [1.807, 2.05) is 30.3 Å². The Morgan fingerprint density at radius 2 is 1.97 bits per heavy atom. The van der Waals surface area contributed by atoms with Gasteiger partial charge in [-0.1, -0.05) is 36.4 Å². The third-order valence-corrected chi connectivity index (χ3v) is 5.96. The molecule has 0 N–H and O–H groups in total. The third kappa shape index (κ3) is 3.51. The van der Waals surface area contributed by atoms with Crippen LogP contribution in [0.25, 0.3) is 22.2 Å². The number of benzene rings is 3. The van der Waals surface area contributed by atoms with Gasteiger partial charge >= 0.3 is 0 Å². The molecule has 0 bridgehead atoms. The van der Waals surface area contributed by atoms with Gasteiger partial charge < -0.3 is 9.32 Å². The summed E-state index contributed by atoms with van der Waals surface area (Å²) in [5.74, 6) is 0.247. The zero-order valence-corrected chi connectivity index (χ0v) is 17.5. The standard InChI is InChI=1S/C25H21N3O4/c1-16-6-2-3-9-20(16)17-11-12-23-21(15-17)26-24(32-23)22-10-5-13-27(22)25(29)18-7-4-8-19(14-18)28(30)31/h2-4,6-9,11-12,14-15,22H,5,10,13H2,1H3/t22-/m0/s1. The quantitative estimate of drug-likeness (QED) is 0.308. The van der Waals surface area contributed by atoms with E-state index in [0.717, 1.165) is 29.5 Å². The Kier molecular flexibility index (Phi) is 4.93. The molecule has 3 aromatic carbocycles. The van der Waals surface area contributed by atoms with Crippen LogP contribution in [0.5, 0.6) is 0 Å². The molecule has 1 saturated heterocycles. The van der Waals surface area contributed by atoms with Crippen LogP contribution in [-0.4, -0.2) is 27.3 Å². The predicted octanol–water partition coefficient (Wildman–Crippen LogP) is 5.69. The second-order valence-electron chi connectivity index (χ2n) is 8.01. The van der Waals surface area contributed by atoms with Gasteiger partial charge in [0.05, 0.1) is 4.92 Å². The molecule has 0 saturated carbocycles. The summed E-state index contributed by atoms with van der Waals surface area (Å²) in [7, 11) is 0. The van der Waals surface area contributed by atoms with Crippen molar-refractivity contribution in [2.24, 2.45) is 0 Å². The second kappa shape index (κ2) is 7.92. The van der Waals surface area contributed by atoms with Crippen LogP contribution in [0, 0.1) is 17.0 Å². The van der Waals surface area contributed by atoms with Crippen molar-refractivity contribution in [3.8, 4) is 11.1 Å². The van der Waals surface area contributed by atoms with Gasteiger partial charge in [0, 0.05) is 24.2 Å². The Morgan fingerprint density at radius 1 is 1.12 bits per heavy atom. The Hall–Kier alpha value is -4.00. The normalized spacial score (nSPS) is 15.9. The van der Waals surface area contributed by atoms with Gasteiger partial charge in [0.2, 0.25) is 5.89 Å². The Bertz CT molecular complexity index is 1340. The number of carbonyl (C=O) groups is 1. The smallest absolute Gasteiger partial charge is 0.270 e. The van der Waals surface area contributed by atoms with Gasteiger partial charge in [-0.15, -0.1) is 0 Å². The van der Waals surface area contributed by atoms with E-state index in [1.165, 1.54) is 23.8 Å². The van der Waals surface area contributed by atoms with Crippen LogP contribution in [0.2, 0.25) is 0 Å². The van der Waals surface area contributed by atoms with Gasteiger partial charge in [0.1, 0.15) is 11.6 Å². The molecule has 0 aliphatic carbocycles. The van der Waals surface area contributed by atoms with Gasteiger partial charge in [-0.2, -0.15) is 0 Å². The molecule has 1 aromatic heterocycles. The van der Waals surface area contributed by atoms with Gasteiger partial charge in [-0.25, -0.2) is 4.98 Å².